The molecule has 4 heteroatoms. The summed E-state index contributed by atoms with van der Waals surface area (Å²) in [6.45, 7) is 2.87. The molecule has 0 unspecified atom stereocenters. The second-order valence-electron chi connectivity index (χ2n) is 5.62. The second kappa shape index (κ2) is 6.22. The number of hydrogen-bond donors (Lipinski definition) is 2. The van der Waals surface area contributed by atoms with E-state index in [9.17, 15) is 0 Å². The number of fused-ring (bicyclic) bond motifs is 1. The molecule has 21 heavy (non-hydrogen) atoms. The van der Waals surface area contributed by atoms with Gasteiger partial charge in [-0.25, -0.2) is 4.98 Å². The van der Waals surface area contributed by atoms with E-state index in [4.69, 9.17) is 5.11 Å². The van der Waals surface area contributed by atoms with Crippen molar-refractivity contribution in [2.45, 2.75) is 45.8 Å². The van der Waals surface area contributed by atoms with Gasteiger partial charge in [0.05, 0.1) is 6.61 Å². The number of anilines is 1. The van der Waals surface area contributed by atoms with Crippen molar-refractivity contribution in [1.82, 2.24) is 9.97 Å². The van der Waals surface area contributed by atoms with Crippen LogP contribution in [-0.2, 0) is 26.0 Å². The number of nitrogens with zero attached hydrogens (tertiary/aromatic N) is 2. The summed E-state index contributed by atoms with van der Waals surface area (Å²) in [4.78, 5) is 8.99. The van der Waals surface area contributed by atoms with Crippen LogP contribution in [0.3, 0.4) is 0 Å². The van der Waals surface area contributed by atoms with E-state index in [1.807, 2.05) is 12.1 Å². The zero-order chi connectivity index (χ0) is 14.7. The van der Waals surface area contributed by atoms with Gasteiger partial charge in [-0.2, -0.15) is 0 Å². The van der Waals surface area contributed by atoms with Gasteiger partial charge in [0.2, 0.25) is 0 Å². The zero-order valence-corrected chi connectivity index (χ0v) is 12.4. The van der Waals surface area contributed by atoms with E-state index < -0.39 is 0 Å². The number of rotatable bonds is 4. The lowest BCUT2D eigenvalue weighted by Gasteiger charge is -2.20. The Morgan fingerprint density at radius 1 is 1.24 bits per heavy atom. The fourth-order valence-electron chi connectivity index (χ4n) is 2.91. The Kier molecular flexibility index (Phi) is 4.15. The van der Waals surface area contributed by atoms with Crippen molar-refractivity contribution >= 4 is 5.82 Å². The first-order chi connectivity index (χ1) is 10.3. The minimum atomic E-state index is 0.0321. The van der Waals surface area contributed by atoms with Crippen LogP contribution in [0.15, 0.2) is 24.4 Å². The summed E-state index contributed by atoms with van der Waals surface area (Å²) in [5.74, 6) is 0.839. The summed E-state index contributed by atoms with van der Waals surface area (Å²) in [5.41, 5.74) is 5.96. The zero-order valence-electron chi connectivity index (χ0n) is 12.4. The van der Waals surface area contributed by atoms with Crippen LogP contribution < -0.4 is 5.32 Å². The van der Waals surface area contributed by atoms with Crippen molar-refractivity contribution in [3.8, 4) is 0 Å². The van der Waals surface area contributed by atoms with E-state index in [1.54, 1.807) is 6.20 Å². The molecular weight excluding hydrogens is 262 g/mol. The number of nitrogens with one attached hydrogen (secondary N) is 1. The molecular formula is C17H21N3O. The number of pyridine rings is 2. The Bertz CT molecular complexity index is 623. The molecule has 0 aliphatic heterocycles. The van der Waals surface area contributed by atoms with Crippen molar-refractivity contribution in [2.75, 3.05) is 5.32 Å². The number of aliphatic hydroxyl groups is 1. The lowest BCUT2D eigenvalue weighted by Crippen LogP contribution is -2.12. The molecule has 0 saturated heterocycles. The lowest BCUT2D eigenvalue weighted by atomic mass is 9.91. The van der Waals surface area contributed by atoms with Crippen LogP contribution in [-0.4, -0.2) is 15.1 Å². The Morgan fingerprint density at radius 3 is 2.86 bits per heavy atom. The van der Waals surface area contributed by atoms with Gasteiger partial charge >= 0.3 is 0 Å². The molecule has 2 aromatic heterocycles. The van der Waals surface area contributed by atoms with Crippen molar-refractivity contribution in [3.05, 3.63) is 52.5 Å². The molecule has 0 spiro atoms. The van der Waals surface area contributed by atoms with Gasteiger partial charge in [-0.3, -0.25) is 4.98 Å². The van der Waals surface area contributed by atoms with Crippen LogP contribution in [0.1, 0.15) is 40.9 Å². The molecule has 0 radical (unpaired) electrons. The first-order valence-corrected chi connectivity index (χ1v) is 7.54. The molecule has 0 bridgehead atoms. The third-order valence-electron chi connectivity index (χ3n) is 3.99. The average molecular weight is 283 g/mol. The summed E-state index contributed by atoms with van der Waals surface area (Å²) < 4.78 is 0. The fraction of sp³-hybridized carbons (Fsp3) is 0.412. The van der Waals surface area contributed by atoms with E-state index in [2.05, 4.69) is 28.3 Å². The Hall–Kier alpha value is -1.94. The van der Waals surface area contributed by atoms with Gasteiger partial charge in [0.15, 0.2) is 0 Å². The maximum absolute atomic E-state index is 9.03. The Morgan fingerprint density at radius 2 is 2.10 bits per heavy atom. The average Bonchev–Trinajstić information content (AvgIpc) is 2.53. The van der Waals surface area contributed by atoms with E-state index in [0.717, 1.165) is 36.5 Å². The molecule has 2 heterocycles. The van der Waals surface area contributed by atoms with Gasteiger partial charge in [-0.05, 0) is 61.4 Å². The molecule has 0 amide bonds. The van der Waals surface area contributed by atoms with Crippen molar-refractivity contribution in [1.29, 1.82) is 0 Å². The Balaban J connectivity index is 1.76. The maximum Gasteiger partial charge on any atom is 0.126 e. The standard InChI is InChI=1S/C17H21N3O/c1-12-8-14(15-4-2-3-5-16(15)20-12)10-19-17-7-6-13(11-21)9-18-17/h6-9,21H,2-5,10-11H2,1H3,(H,18,19). The van der Waals surface area contributed by atoms with Gasteiger partial charge in [0.25, 0.3) is 0 Å². The normalized spacial score (nSPS) is 13.8. The Labute approximate surface area is 125 Å². The van der Waals surface area contributed by atoms with Gasteiger partial charge in [-0.1, -0.05) is 6.07 Å². The molecule has 2 aromatic rings. The number of aryl methyl sites for hydroxylation is 2. The summed E-state index contributed by atoms with van der Waals surface area (Å²) in [6.07, 6.45) is 6.45. The highest BCUT2D eigenvalue weighted by atomic mass is 16.3. The third kappa shape index (κ3) is 3.22. The first-order valence-electron chi connectivity index (χ1n) is 7.54. The van der Waals surface area contributed by atoms with Gasteiger partial charge in [-0.15, -0.1) is 0 Å². The van der Waals surface area contributed by atoms with Gasteiger partial charge < -0.3 is 10.4 Å². The van der Waals surface area contributed by atoms with E-state index in [1.165, 1.54) is 29.7 Å². The smallest absolute Gasteiger partial charge is 0.126 e. The van der Waals surface area contributed by atoms with Gasteiger partial charge in [0.1, 0.15) is 5.82 Å². The van der Waals surface area contributed by atoms with Crippen LogP contribution in [0.2, 0.25) is 0 Å². The lowest BCUT2D eigenvalue weighted by molar-refractivity contribution is 0.281. The SMILES string of the molecule is Cc1cc(CNc2ccc(CO)cn2)c2c(n1)CCCC2. The van der Waals surface area contributed by atoms with E-state index >= 15 is 0 Å². The fourth-order valence-corrected chi connectivity index (χ4v) is 2.91. The quantitative estimate of drug-likeness (QED) is 0.906. The summed E-state index contributed by atoms with van der Waals surface area (Å²) >= 11 is 0. The monoisotopic (exact) mass is 283 g/mol. The molecule has 110 valence electrons. The van der Waals surface area contributed by atoms with Crippen LogP contribution in [0.4, 0.5) is 5.82 Å². The van der Waals surface area contributed by atoms with Crippen LogP contribution >= 0.6 is 0 Å². The van der Waals surface area contributed by atoms with Crippen LogP contribution in [0, 0.1) is 6.92 Å². The molecule has 0 aromatic carbocycles. The molecule has 0 saturated carbocycles. The van der Waals surface area contributed by atoms with Crippen molar-refractivity contribution in [3.63, 3.8) is 0 Å². The van der Waals surface area contributed by atoms with E-state index in [-0.39, 0.29) is 6.61 Å². The van der Waals surface area contributed by atoms with Gasteiger partial charge in [0, 0.05) is 24.1 Å². The minimum Gasteiger partial charge on any atom is -0.392 e. The van der Waals surface area contributed by atoms with Crippen molar-refractivity contribution in [2.24, 2.45) is 0 Å². The molecule has 3 rings (SSSR count). The number of hydrogen-bond acceptors (Lipinski definition) is 4. The topological polar surface area (TPSA) is 58.0 Å². The van der Waals surface area contributed by atoms with Crippen LogP contribution in [0.5, 0.6) is 0 Å². The van der Waals surface area contributed by atoms with Crippen molar-refractivity contribution < 1.29 is 5.11 Å². The summed E-state index contributed by atoms with van der Waals surface area (Å²) in [5, 5.41) is 12.4. The highest BCUT2D eigenvalue weighted by molar-refractivity contribution is 5.40. The molecule has 0 atom stereocenters. The predicted octanol–water partition coefficient (Wildman–Crippen LogP) is 2.77. The molecule has 1 aliphatic rings. The summed E-state index contributed by atoms with van der Waals surface area (Å²) in [6, 6.07) is 5.98. The third-order valence-corrected chi connectivity index (χ3v) is 3.99. The highest BCUT2D eigenvalue weighted by Gasteiger charge is 2.15. The first kappa shape index (κ1) is 14.0. The maximum atomic E-state index is 9.03. The molecule has 0 fully saturated rings. The molecule has 4 nitrogen and oxygen atoms in total. The second-order valence-corrected chi connectivity index (χ2v) is 5.62. The molecule has 2 N–H and O–H groups in total. The molecule has 1 aliphatic carbocycles. The highest BCUT2D eigenvalue weighted by Crippen LogP contribution is 2.24. The largest absolute Gasteiger partial charge is 0.392 e. The van der Waals surface area contributed by atoms with Crippen LogP contribution in [0.25, 0.3) is 0 Å². The predicted molar refractivity (Wildman–Crippen MR) is 83.1 cm³/mol. The number of aliphatic hydroxyl groups excluding tert-OH is 1. The minimum absolute atomic E-state index is 0.0321. The summed E-state index contributed by atoms with van der Waals surface area (Å²) in [7, 11) is 0. The van der Waals surface area contributed by atoms with E-state index in [0.29, 0.717) is 0 Å². The number of aromatic nitrogens is 2.